The Kier molecular flexibility index (Phi) is 4.65. The van der Waals surface area contributed by atoms with Crippen LogP contribution in [0.3, 0.4) is 0 Å². The van der Waals surface area contributed by atoms with E-state index in [0.717, 1.165) is 11.3 Å². The molecule has 0 saturated carbocycles. The van der Waals surface area contributed by atoms with Gasteiger partial charge in [0.2, 0.25) is 10.0 Å². The van der Waals surface area contributed by atoms with E-state index in [1.807, 2.05) is 13.0 Å². The predicted molar refractivity (Wildman–Crippen MR) is 85.8 cm³/mol. The van der Waals surface area contributed by atoms with Gasteiger partial charge in [0.25, 0.3) is 0 Å². The monoisotopic (exact) mass is 304 g/mol. The van der Waals surface area contributed by atoms with Gasteiger partial charge >= 0.3 is 0 Å². The summed E-state index contributed by atoms with van der Waals surface area (Å²) in [4.78, 5) is 0.293. The molecule has 0 aromatic heterocycles. The minimum absolute atomic E-state index is 0.293. The van der Waals surface area contributed by atoms with E-state index in [0.29, 0.717) is 11.4 Å². The topological polar surface area (TPSA) is 49.4 Å². The number of anilines is 1. The van der Waals surface area contributed by atoms with Gasteiger partial charge in [-0.1, -0.05) is 35.9 Å². The lowest BCUT2D eigenvalue weighted by Crippen LogP contribution is -2.22. The number of nitrogens with zero attached hydrogens (tertiary/aromatic N) is 1. The lowest BCUT2D eigenvalue weighted by molar-refractivity contribution is 0.521. The van der Waals surface area contributed by atoms with Crippen molar-refractivity contribution in [3.05, 3.63) is 59.7 Å². The molecule has 1 N–H and O–H groups in total. The van der Waals surface area contributed by atoms with E-state index in [1.54, 1.807) is 18.2 Å². The summed E-state index contributed by atoms with van der Waals surface area (Å²) in [5.41, 5.74) is 3.16. The van der Waals surface area contributed by atoms with Crippen LogP contribution in [0.4, 0.5) is 5.69 Å². The Hall–Kier alpha value is -1.85. The maximum Gasteiger partial charge on any atom is 0.242 e. The van der Waals surface area contributed by atoms with Crippen molar-refractivity contribution in [1.29, 1.82) is 0 Å². The summed E-state index contributed by atoms with van der Waals surface area (Å²) >= 11 is 0. The Balaban J connectivity index is 2.13. The van der Waals surface area contributed by atoms with Crippen molar-refractivity contribution < 1.29 is 8.42 Å². The molecule has 0 aliphatic rings. The third-order valence-electron chi connectivity index (χ3n) is 3.23. The van der Waals surface area contributed by atoms with Crippen LogP contribution >= 0.6 is 0 Å². The highest BCUT2D eigenvalue weighted by Gasteiger charge is 2.16. The van der Waals surface area contributed by atoms with Gasteiger partial charge in [-0.25, -0.2) is 12.7 Å². The molecular weight excluding hydrogens is 284 g/mol. The second-order valence-corrected chi connectivity index (χ2v) is 7.31. The van der Waals surface area contributed by atoms with E-state index in [1.165, 1.54) is 24.0 Å². The predicted octanol–water partition coefficient (Wildman–Crippen LogP) is 2.86. The van der Waals surface area contributed by atoms with Gasteiger partial charge in [-0.3, -0.25) is 0 Å². The van der Waals surface area contributed by atoms with Gasteiger partial charge in [-0.05, 0) is 30.7 Å². The van der Waals surface area contributed by atoms with Gasteiger partial charge in [-0.15, -0.1) is 0 Å². The normalized spacial score (nSPS) is 11.6. The Bertz CT molecular complexity index is 707. The summed E-state index contributed by atoms with van der Waals surface area (Å²) in [5, 5.41) is 3.25. The van der Waals surface area contributed by atoms with Crippen LogP contribution in [0.5, 0.6) is 0 Å². The number of benzene rings is 2. The Morgan fingerprint density at radius 1 is 1.05 bits per heavy atom. The number of nitrogens with one attached hydrogen (secondary N) is 1. The molecule has 0 bridgehead atoms. The summed E-state index contributed by atoms with van der Waals surface area (Å²) in [6, 6.07) is 15.1. The average molecular weight is 304 g/mol. The van der Waals surface area contributed by atoms with Crippen LogP contribution in [0.2, 0.25) is 0 Å². The molecule has 112 valence electrons. The van der Waals surface area contributed by atoms with Crippen LogP contribution in [-0.2, 0) is 16.6 Å². The van der Waals surface area contributed by atoms with Gasteiger partial charge in [0.15, 0.2) is 0 Å². The zero-order chi connectivity index (χ0) is 15.5. The maximum absolute atomic E-state index is 12.1. The van der Waals surface area contributed by atoms with Crippen molar-refractivity contribution in [2.24, 2.45) is 0 Å². The van der Waals surface area contributed by atoms with E-state index in [4.69, 9.17) is 0 Å². The van der Waals surface area contributed by atoms with Crippen molar-refractivity contribution in [2.75, 3.05) is 19.4 Å². The number of hydrogen-bond donors (Lipinski definition) is 1. The van der Waals surface area contributed by atoms with Crippen molar-refractivity contribution in [2.45, 2.75) is 18.4 Å². The molecule has 0 aliphatic carbocycles. The Morgan fingerprint density at radius 2 is 1.71 bits per heavy atom. The molecule has 0 atom stereocenters. The molecular formula is C16H20N2O2S. The minimum Gasteiger partial charge on any atom is -0.381 e. The highest BCUT2D eigenvalue weighted by Crippen LogP contribution is 2.18. The number of aryl methyl sites for hydroxylation is 1. The van der Waals surface area contributed by atoms with E-state index in [-0.39, 0.29) is 0 Å². The molecule has 2 aromatic carbocycles. The average Bonchev–Trinajstić information content (AvgIpc) is 2.47. The molecule has 2 rings (SSSR count). The van der Waals surface area contributed by atoms with Crippen LogP contribution in [0.25, 0.3) is 0 Å². The molecule has 5 heteroatoms. The summed E-state index contributed by atoms with van der Waals surface area (Å²) in [6.07, 6.45) is 0. The maximum atomic E-state index is 12.1. The summed E-state index contributed by atoms with van der Waals surface area (Å²) < 4.78 is 25.4. The fourth-order valence-electron chi connectivity index (χ4n) is 1.89. The third kappa shape index (κ3) is 3.83. The van der Waals surface area contributed by atoms with Gasteiger partial charge in [0, 0.05) is 26.3 Å². The second-order valence-electron chi connectivity index (χ2n) is 5.15. The highest BCUT2D eigenvalue weighted by atomic mass is 32.2. The zero-order valence-electron chi connectivity index (χ0n) is 12.5. The van der Waals surface area contributed by atoms with Gasteiger partial charge in [0.1, 0.15) is 0 Å². The summed E-state index contributed by atoms with van der Waals surface area (Å²) in [6.45, 7) is 2.71. The van der Waals surface area contributed by atoms with E-state index in [9.17, 15) is 8.42 Å². The van der Waals surface area contributed by atoms with Crippen molar-refractivity contribution in [3.8, 4) is 0 Å². The first-order chi connectivity index (χ1) is 9.89. The molecule has 0 saturated heterocycles. The lowest BCUT2D eigenvalue weighted by Gasteiger charge is -2.13. The molecule has 0 spiro atoms. The van der Waals surface area contributed by atoms with Crippen LogP contribution in [0.15, 0.2) is 53.4 Å². The second kappa shape index (κ2) is 6.28. The first-order valence-corrected chi connectivity index (χ1v) is 8.15. The Labute approximate surface area is 126 Å². The summed E-state index contributed by atoms with van der Waals surface area (Å²) in [5.74, 6) is 0. The van der Waals surface area contributed by atoms with Crippen LogP contribution in [0, 0.1) is 6.92 Å². The van der Waals surface area contributed by atoms with Crippen LogP contribution in [0.1, 0.15) is 11.1 Å². The van der Waals surface area contributed by atoms with E-state index >= 15 is 0 Å². The molecule has 0 amide bonds. The largest absolute Gasteiger partial charge is 0.381 e. The molecule has 0 aliphatic heterocycles. The molecule has 0 heterocycles. The quantitative estimate of drug-likeness (QED) is 0.924. The highest BCUT2D eigenvalue weighted by molar-refractivity contribution is 7.89. The Morgan fingerprint density at radius 3 is 2.33 bits per heavy atom. The summed E-state index contributed by atoms with van der Waals surface area (Å²) in [7, 11) is -0.336. The zero-order valence-corrected chi connectivity index (χ0v) is 13.3. The fourth-order valence-corrected chi connectivity index (χ4v) is 2.84. The molecule has 21 heavy (non-hydrogen) atoms. The minimum atomic E-state index is -3.39. The van der Waals surface area contributed by atoms with Gasteiger partial charge < -0.3 is 5.32 Å². The van der Waals surface area contributed by atoms with E-state index < -0.39 is 10.0 Å². The van der Waals surface area contributed by atoms with E-state index in [2.05, 4.69) is 29.6 Å². The molecule has 2 aromatic rings. The van der Waals surface area contributed by atoms with Crippen molar-refractivity contribution in [1.82, 2.24) is 4.31 Å². The number of sulfonamides is 1. The standard InChI is InChI=1S/C16H20N2O2S/c1-13-7-9-14(10-8-13)12-17-15-5-4-6-16(11-15)21(19,20)18(2)3/h4-11,17H,12H2,1-3H3. The molecule has 0 unspecified atom stereocenters. The SMILES string of the molecule is Cc1ccc(CNc2cccc(S(=O)(=O)N(C)C)c2)cc1. The first kappa shape index (κ1) is 15.5. The van der Waals surface area contributed by atoms with Crippen LogP contribution in [-0.4, -0.2) is 26.8 Å². The molecule has 0 radical (unpaired) electrons. The van der Waals surface area contributed by atoms with Crippen molar-refractivity contribution >= 4 is 15.7 Å². The molecule has 4 nitrogen and oxygen atoms in total. The lowest BCUT2D eigenvalue weighted by atomic mass is 10.1. The number of rotatable bonds is 5. The molecule has 0 fully saturated rings. The fraction of sp³-hybridized carbons (Fsp3) is 0.250. The van der Waals surface area contributed by atoms with Gasteiger partial charge in [-0.2, -0.15) is 0 Å². The van der Waals surface area contributed by atoms with Crippen molar-refractivity contribution in [3.63, 3.8) is 0 Å². The third-order valence-corrected chi connectivity index (χ3v) is 5.04. The smallest absolute Gasteiger partial charge is 0.242 e. The number of hydrogen-bond acceptors (Lipinski definition) is 3. The first-order valence-electron chi connectivity index (χ1n) is 6.71. The van der Waals surface area contributed by atoms with Crippen LogP contribution < -0.4 is 5.32 Å². The van der Waals surface area contributed by atoms with Gasteiger partial charge in [0.05, 0.1) is 4.90 Å².